The van der Waals surface area contributed by atoms with Crippen LogP contribution in [0.25, 0.3) is 0 Å². The molecule has 4 unspecified atom stereocenters. The molecular weight excluding hydrogens is 398 g/mol. The molecule has 6 N–H and O–H groups in total. The number of carbonyl (C=O) groups excluding carboxylic acids is 2. The summed E-state index contributed by atoms with van der Waals surface area (Å²) >= 11 is 0. The Morgan fingerprint density at radius 1 is 1.17 bits per heavy atom. The second-order valence-corrected chi connectivity index (χ2v) is 7.22. The van der Waals surface area contributed by atoms with Gasteiger partial charge in [0, 0.05) is 40.6 Å². The van der Waals surface area contributed by atoms with Crippen molar-refractivity contribution in [2.75, 3.05) is 40.5 Å². The molecule has 1 saturated heterocycles. The molecule has 178 valence electrons. The SMILES string of the molecule is CC(N)=O.CN(C)OCCC(=O)NCCCCCCOC1CC(O)C(O)C(CO)O1. The summed E-state index contributed by atoms with van der Waals surface area (Å²) in [7, 11) is 3.55. The van der Waals surface area contributed by atoms with Crippen molar-refractivity contribution >= 4 is 11.8 Å². The van der Waals surface area contributed by atoms with Crippen molar-refractivity contribution in [3.63, 3.8) is 0 Å². The summed E-state index contributed by atoms with van der Waals surface area (Å²) < 4.78 is 10.9. The van der Waals surface area contributed by atoms with Crippen LogP contribution in [0.15, 0.2) is 0 Å². The lowest BCUT2D eigenvalue weighted by Crippen LogP contribution is -2.50. The van der Waals surface area contributed by atoms with Gasteiger partial charge in [0.1, 0.15) is 12.2 Å². The number of hydrogen-bond acceptors (Lipinski definition) is 9. The number of carbonyl (C=O) groups is 2. The Morgan fingerprint density at radius 2 is 1.80 bits per heavy atom. The van der Waals surface area contributed by atoms with E-state index in [4.69, 9.17) is 19.4 Å². The number of nitrogens with one attached hydrogen (secondary N) is 1. The van der Waals surface area contributed by atoms with Crippen molar-refractivity contribution < 1.29 is 39.2 Å². The lowest BCUT2D eigenvalue weighted by atomic mass is 10.0. The number of hydroxylamine groups is 2. The van der Waals surface area contributed by atoms with Crippen LogP contribution in [0.5, 0.6) is 0 Å². The fourth-order valence-corrected chi connectivity index (χ4v) is 2.61. The minimum atomic E-state index is -1.08. The first-order chi connectivity index (χ1) is 14.2. The molecule has 1 aliphatic rings. The van der Waals surface area contributed by atoms with Crippen LogP contribution in [0, 0.1) is 0 Å². The Bertz CT molecular complexity index is 463. The van der Waals surface area contributed by atoms with E-state index in [9.17, 15) is 19.8 Å². The predicted molar refractivity (Wildman–Crippen MR) is 109 cm³/mol. The van der Waals surface area contributed by atoms with Crippen molar-refractivity contribution in [3.8, 4) is 0 Å². The molecule has 11 heteroatoms. The fraction of sp³-hybridized carbons (Fsp3) is 0.895. The van der Waals surface area contributed by atoms with E-state index in [-0.39, 0.29) is 24.8 Å². The number of primary amides is 1. The first-order valence-electron chi connectivity index (χ1n) is 10.2. The van der Waals surface area contributed by atoms with Gasteiger partial charge in [-0.2, -0.15) is 5.06 Å². The molecule has 4 atom stereocenters. The maximum absolute atomic E-state index is 11.5. The highest BCUT2D eigenvalue weighted by molar-refractivity contribution is 5.75. The van der Waals surface area contributed by atoms with Crippen LogP contribution in [0.3, 0.4) is 0 Å². The van der Waals surface area contributed by atoms with Gasteiger partial charge < -0.3 is 35.8 Å². The zero-order valence-corrected chi connectivity index (χ0v) is 18.3. The third-order valence-electron chi connectivity index (χ3n) is 4.09. The Labute approximate surface area is 178 Å². The van der Waals surface area contributed by atoms with Crippen LogP contribution in [-0.4, -0.2) is 97.3 Å². The van der Waals surface area contributed by atoms with E-state index in [1.807, 2.05) is 0 Å². The van der Waals surface area contributed by atoms with E-state index in [0.717, 1.165) is 25.7 Å². The zero-order valence-electron chi connectivity index (χ0n) is 18.3. The van der Waals surface area contributed by atoms with Gasteiger partial charge in [-0.25, -0.2) is 0 Å². The zero-order chi connectivity index (χ0) is 22.9. The van der Waals surface area contributed by atoms with Gasteiger partial charge in [-0.1, -0.05) is 12.8 Å². The number of unbranched alkanes of at least 4 members (excludes halogenated alkanes) is 3. The molecule has 0 aliphatic carbocycles. The third kappa shape index (κ3) is 15.5. The molecule has 1 heterocycles. The number of aliphatic hydroxyl groups is 3. The highest BCUT2D eigenvalue weighted by Gasteiger charge is 2.36. The van der Waals surface area contributed by atoms with Crippen LogP contribution in [0.1, 0.15) is 45.4 Å². The monoisotopic (exact) mass is 437 g/mol. The number of aliphatic hydroxyl groups excluding tert-OH is 3. The molecule has 1 fully saturated rings. The summed E-state index contributed by atoms with van der Waals surface area (Å²) in [6.07, 6.45) is 0.784. The van der Waals surface area contributed by atoms with E-state index in [1.54, 1.807) is 19.2 Å². The molecule has 0 spiro atoms. The van der Waals surface area contributed by atoms with E-state index in [0.29, 0.717) is 26.2 Å². The van der Waals surface area contributed by atoms with Gasteiger partial charge in [-0.15, -0.1) is 0 Å². The Morgan fingerprint density at radius 3 is 2.40 bits per heavy atom. The summed E-state index contributed by atoms with van der Waals surface area (Å²) in [6, 6.07) is 0. The molecule has 30 heavy (non-hydrogen) atoms. The standard InChI is InChI=1S/C17H34N2O7.C2H5NO/c1-19(2)25-10-7-15(22)18-8-5-3-4-6-9-24-16-11-13(21)17(23)14(12-20)26-16;1-2(3)4/h13-14,16-17,20-21,23H,3-12H2,1-2H3,(H,18,22);1H3,(H2,3,4). The third-order valence-corrected chi connectivity index (χ3v) is 4.09. The number of rotatable bonds is 13. The molecule has 0 aromatic carbocycles. The smallest absolute Gasteiger partial charge is 0.222 e. The second-order valence-electron chi connectivity index (χ2n) is 7.22. The molecule has 0 aromatic rings. The molecule has 1 aliphatic heterocycles. The summed E-state index contributed by atoms with van der Waals surface area (Å²) in [5, 5.41) is 32.9. The largest absolute Gasteiger partial charge is 0.394 e. The molecule has 0 bridgehead atoms. The predicted octanol–water partition coefficient (Wildman–Crippen LogP) is -1.12. The quantitative estimate of drug-likeness (QED) is 0.177. The first-order valence-corrected chi connectivity index (χ1v) is 10.2. The van der Waals surface area contributed by atoms with E-state index in [1.165, 1.54) is 6.92 Å². The molecule has 0 aromatic heterocycles. The number of hydrogen-bond donors (Lipinski definition) is 5. The normalized spacial score (nSPS) is 23.6. The van der Waals surface area contributed by atoms with E-state index in [2.05, 4.69) is 11.1 Å². The van der Waals surface area contributed by atoms with Gasteiger partial charge >= 0.3 is 0 Å². The van der Waals surface area contributed by atoms with Gasteiger partial charge in [0.2, 0.25) is 11.8 Å². The molecule has 0 saturated carbocycles. The van der Waals surface area contributed by atoms with Gasteiger partial charge in [-0.05, 0) is 12.8 Å². The van der Waals surface area contributed by atoms with E-state index < -0.39 is 24.6 Å². The van der Waals surface area contributed by atoms with Crippen molar-refractivity contribution in [2.45, 2.75) is 70.1 Å². The van der Waals surface area contributed by atoms with Gasteiger partial charge in [0.25, 0.3) is 0 Å². The highest BCUT2D eigenvalue weighted by Crippen LogP contribution is 2.21. The minimum Gasteiger partial charge on any atom is -0.394 e. The van der Waals surface area contributed by atoms with Crippen LogP contribution in [0.2, 0.25) is 0 Å². The number of amides is 2. The minimum absolute atomic E-state index is 0.0104. The average Bonchev–Trinajstić information content (AvgIpc) is 2.65. The average molecular weight is 438 g/mol. The van der Waals surface area contributed by atoms with Crippen LogP contribution < -0.4 is 11.1 Å². The Balaban J connectivity index is 0.00000192. The fourth-order valence-electron chi connectivity index (χ4n) is 2.61. The Kier molecular flexibility index (Phi) is 16.6. The number of nitrogens with zero attached hydrogens (tertiary/aromatic N) is 1. The Hall–Kier alpha value is -1.34. The topological polar surface area (TPSA) is 164 Å². The van der Waals surface area contributed by atoms with Crippen LogP contribution in [-0.2, 0) is 23.9 Å². The summed E-state index contributed by atoms with van der Waals surface area (Å²) in [5.41, 5.74) is 4.47. The lowest BCUT2D eigenvalue weighted by molar-refractivity contribution is -0.256. The molecular formula is C19H39N3O8. The summed E-state index contributed by atoms with van der Waals surface area (Å²) in [6.45, 7) is 2.46. The highest BCUT2D eigenvalue weighted by atomic mass is 16.7. The first kappa shape index (κ1) is 28.7. The van der Waals surface area contributed by atoms with Gasteiger partial charge in [0.05, 0.1) is 25.7 Å². The van der Waals surface area contributed by atoms with Crippen LogP contribution in [0.4, 0.5) is 0 Å². The number of ether oxygens (including phenoxy) is 2. The van der Waals surface area contributed by atoms with Gasteiger partial charge in [-0.3, -0.25) is 14.4 Å². The van der Waals surface area contributed by atoms with Crippen molar-refractivity contribution in [1.82, 2.24) is 10.4 Å². The molecule has 11 nitrogen and oxygen atoms in total. The second kappa shape index (κ2) is 17.4. The van der Waals surface area contributed by atoms with Gasteiger partial charge in [0.15, 0.2) is 6.29 Å². The lowest BCUT2D eigenvalue weighted by Gasteiger charge is -2.36. The maximum Gasteiger partial charge on any atom is 0.222 e. The van der Waals surface area contributed by atoms with Crippen LogP contribution >= 0.6 is 0 Å². The van der Waals surface area contributed by atoms with Crippen molar-refractivity contribution in [1.29, 1.82) is 0 Å². The maximum atomic E-state index is 11.5. The number of nitrogens with two attached hydrogens (primary N) is 1. The summed E-state index contributed by atoms with van der Waals surface area (Å²) in [4.78, 5) is 25.9. The summed E-state index contributed by atoms with van der Waals surface area (Å²) in [5.74, 6) is -0.344. The van der Waals surface area contributed by atoms with Crippen molar-refractivity contribution in [2.24, 2.45) is 5.73 Å². The molecule has 1 rings (SSSR count). The molecule has 0 radical (unpaired) electrons. The molecule has 2 amide bonds. The van der Waals surface area contributed by atoms with E-state index >= 15 is 0 Å². The van der Waals surface area contributed by atoms with Crippen molar-refractivity contribution in [3.05, 3.63) is 0 Å².